The molecule has 110 valence electrons. The minimum Gasteiger partial charge on any atom is -0.378 e. The van der Waals surface area contributed by atoms with Crippen LogP contribution in [-0.4, -0.2) is 24.0 Å². The number of pyridine rings is 1. The van der Waals surface area contributed by atoms with E-state index in [9.17, 15) is 10.1 Å². The number of hydrogen-bond donors (Lipinski definition) is 3. The standard InChI is InChI=1S/C13H16N6O2/c1-18(2)10-5-3-9(4-6-10)15-13-11(19(20)21)7-8-12(16-13)17-14/h3-8H,14H2,1-2H3,(H2,15,16,17). The van der Waals surface area contributed by atoms with Gasteiger partial charge in [0.15, 0.2) is 0 Å². The molecule has 1 aromatic heterocycles. The van der Waals surface area contributed by atoms with Crippen LogP contribution < -0.4 is 21.5 Å². The van der Waals surface area contributed by atoms with Crippen molar-refractivity contribution in [2.45, 2.75) is 0 Å². The Morgan fingerprint density at radius 2 is 1.86 bits per heavy atom. The summed E-state index contributed by atoms with van der Waals surface area (Å²) in [5.41, 5.74) is 3.97. The number of nitrogen functional groups attached to an aromatic ring is 1. The van der Waals surface area contributed by atoms with Crippen molar-refractivity contribution in [3.8, 4) is 0 Å². The van der Waals surface area contributed by atoms with Gasteiger partial charge in [0.05, 0.1) is 4.92 Å². The largest absolute Gasteiger partial charge is 0.378 e. The molecule has 2 aromatic rings. The molecule has 0 atom stereocenters. The smallest absolute Gasteiger partial charge is 0.311 e. The van der Waals surface area contributed by atoms with Gasteiger partial charge in [-0.25, -0.2) is 10.8 Å². The maximum absolute atomic E-state index is 11.0. The lowest BCUT2D eigenvalue weighted by Crippen LogP contribution is -2.10. The second kappa shape index (κ2) is 6.06. The summed E-state index contributed by atoms with van der Waals surface area (Å²) in [7, 11) is 3.87. The van der Waals surface area contributed by atoms with Gasteiger partial charge in [0.1, 0.15) is 5.82 Å². The summed E-state index contributed by atoms with van der Waals surface area (Å²) < 4.78 is 0. The molecule has 0 spiro atoms. The van der Waals surface area contributed by atoms with Crippen molar-refractivity contribution >= 4 is 28.7 Å². The SMILES string of the molecule is CN(C)c1ccc(Nc2nc(NN)ccc2[N+](=O)[O-])cc1. The predicted octanol–water partition coefficient (Wildman–Crippen LogP) is 2.08. The molecule has 0 radical (unpaired) electrons. The summed E-state index contributed by atoms with van der Waals surface area (Å²) in [5, 5.41) is 14.0. The van der Waals surface area contributed by atoms with Crippen LogP contribution in [0.2, 0.25) is 0 Å². The lowest BCUT2D eigenvalue weighted by Gasteiger charge is -2.13. The first-order valence-corrected chi connectivity index (χ1v) is 6.17. The Hall–Kier alpha value is -2.87. The quantitative estimate of drug-likeness (QED) is 0.439. The first-order valence-electron chi connectivity index (χ1n) is 6.17. The highest BCUT2D eigenvalue weighted by atomic mass is 16.6. The van der Waals surface area contributed by atoms with Crippen LogP contribution in [-0.2, 0) is 0 Å². The Morgan fingerprint density at radius 3 is 2.38 bits per heavy atom. The minimum atomic E-state index is -0.496. The molecule has 1 heterocycles. The van der Waals surface area contributed by atoms with Crippen LogP contribution >= 0.6 is 0 Å². The van der Waals surface area contributed by atoms with Gasteiger partial charge in [-0.3, -0.25) is 10.1 Å². The molecule has 8 heteroatoms. The van der Waals surface area contributed by atoms with Gasteiger partial charge in [-0.15, -0.1) is 0 Å². The molecular formula is C13H16N6O2. The van der Waals surface area contributed by atoms with Crippen LogP contribution in [0.25, 0.3) is 0 Å². The molecule has 2 rings (SSSR count). The molecule has 0 aliphatic rings. The first-order chi connectivity index (χ1) is 10.0. The minimum absolute atomic E-state index is 0.120. The fourth-order valence-electron chi connectivity index (χ4n) is 1.75. The van der Waals surface area contributed by atoms with Crippen LogP contribution in [0, 0.1) is 10.1 Å². The molecule has 0 aliphatic carbocycles. The number of anilines is 4. The van der Waals surface area contributed by atoms with Crippen LogP contribution in [0.15, 0.2) is 36.4 Å². The van der Waals surface area contributed by atoms with Crippen LogP contribution in [0.3, 0.4) is 0 Å². The number of hydrazine groups is 1. The van der Waals surface area contributed by atoms with Crippen molar-refractivity contribution in [1.82, 2.24) is 4.98 Å². The summed E-state index contributed by atoms with van der Waals surface area (Å²) in [5.74, 6) is 5.75. The first kappa shape index (κ1) is 14.5. The average molecular weight is 288 g/mol. The summed E-state index contributed by atoms with van der Waals surface area (Å²) in [4.78, 5) is 16.6. The number of benzene rings is 1. The van der Waals surface area contributed by atoms with Gasteiger partial charge in [-0.05, 0) is 30.3 Å². The van der Waals surface area contributed by atoms with Gasteiger partial charge in [-0.1, -0.05) is 0 Å². The lowest BCUT2D eigenvalue weighted by molar-refractivity contribution is -0.384. The van der Waals surface area contributed by atoms with Crippen LogP contribution in [0.5, 0.6) is 0 Å². The number of rotatable bonds is 5. The fourth-order valence-corrected chi connectivity index (χ4v) is 1.75. The highest BCUT2D eigenvalue weighted by molar-refractivity contribution is 5.68. The molecule has 0 unspecified atom stereocenters. The Labute approximate surface area is 121 Å². The zero-order valence-corrected chi connectivity index (χ0v) is 11.7. The molecule has 8 nitrogen and oxygen atoms in total. The highest BCUT2D eigenvalue weighted by Crippen LogP contribution is 2.27. The van der Waals surface area contributed by atoms with E-state index in [1.54, 1.807) is 0 Å². The summed E-state index contributed by atoms with van der Waals surface area (Å²) in [6.07, 6.45) is 0. The molecule has 21 heavy (non-hydrogen) atoms. The molecule has 0 amide bonds. The van der Waals surface area contributed by atoms with Crippen molar-refractivity contribution in [3.05, 3.63) is 46.5 Å². The average Bonchev–Trinajstić information content (AvgIpc) is 2.47. The molecule has 0 fully saturated rings. The number of hydrogen-bond acceptors (Lipinski definition) is 7. The second-order valence-electron chi connectivity index (χ2n) is 4.53. The van der Waals surface area contributed by atoms with E-state index >= 15 is 0 Å². The van der Waals surface area contributed by atoms with E-state index in [-0.39, 0.29) is 11.5 Å². The normalized spacial score (nSPS) is 10.0. The van der Waals surface area contributed by atoms with E-state index in [4.69, 9.17) is 5.84 Å². The van der Waals surface area contributed by atoms with Gasteiger partial charge < -0.3 is 15.6 Å². The second-order valence-corrected chi connectivity index (χ2v) is 4.53. The zero-order valence-electron chi connectivity index (χ0n) is 11.7. The Balaban J connectivity index is 2.31. The van der Waals surface area contributed by atoms with E-state index < -0.39 is 4.92 Å². The lowest BCUT2D eigenvalue weighted by atomic mass is 10.2. The van der Waals surface area contributed by atoms with Gasteiger partial charge in [0, 0.05) is 31.5 Å². The van der Waals surface area contributed by atoms with Crippen molar-refractivity contribution < 1.29 is 4.92 Å². The molecule has 4 N–H and O–H groups in total. The molecule has 1 aromatic carbocycles. The Morgan fingerprint density at radius 1 is 1.19 bits per heavy atom. The third kappa shape index (κ3) is 3.37. The number of nitrogens with one attached hydrogen (secondary N) is 2. The fraction of sp³-hybridized carbons (Fsp3) is 0.154. The maximum atomic E-state index is 11.0. The number of nitrogens with zero attached hydrogens (tertiary/aromatic N) is 3. The van der Waals surface area contributed by atoms with Gasteiger partial charge in [-0.2, -0.15) is 0 Å². The van der Waals surface area contributed by atoms with E-state index in [1.165, 1.54) is 12.1 Å². The number of nitrogens with two attached hydrogens (primary N) is 1. The topological polar surface area (TPSA) is 109 Å². The maximum Gasteiger partial charge on any atom is 0.311 e. The van der Waals surface area contributed by atoms with Gasteiger partial charge in [0.2, 0.25) is 5.82 Å². The molecule has 0 saturated heterocycles. The summed E-state index contributed by atoms with van der Waals surface area (Å²) in [6.45, 7) is 0. The molecular weight excluding hydrogens is 272 g/mol. The van der Waals surface area contributed by atoms with E-state index in [0.29, 0.717) is 11.5 Å². The third-order valence-electron chi connectivity index (χ3n) is 2.86. The van der Waals surface area contributed by atoms with E-state index in [2.05, 4.69) is 15.7 Å². The zero-order chi connectivity index (χ0) is 15.4. The van der Waals surface area contributed by atoms with Crippen LogP contribution in [0.4, 0.5) is 28.7 Å². The molecule has 0 bridgehead atoms. The molecule has 0 saturated carbocycles. The van der Waals surface area contributed by atoms with E-state index in [0.717, 1.165) is 5.69 Å². The van der Waals surface area contributed by atoms with Crippen molar-refractivity contribution in [2.24, 2.45) is 5.84 Å². The third-order valence-corrected chi connectivity index (χ3v) is 2.86. The number of aromatic nitrogens is 1. The number of nitro groups is 1. The van der Waals surface area contributed by atoms with Crippen molar-refractivity contribution in [1.29, 1.82) is 0 Å². The molecule has 0 aliphatic heterocycles. The highest BCUT2D eigenvalue weighted by Gasteiger charge is 2.16. The summed E-state index contributed by atoms with van der Waals surface area (Å²) in [6, 6.07) is 10.2. The Bertz CT molecular complexity index is 642. The summed E-state index contributed by atoms with van der Waals surface area (Å²) >= 11 is 0. The van der Waals surface area contributed by atoms with Crippen LogP contribution in [0.1, 0.15) is 0 Å². The van der Waals surface area contributed by atoms with Crippen molar-refractivity contribution in [3.63, 3.8) is 0 Å². The van der Waals surface area contributed by atoms with Crippen molar-refractivity contribution in [2.75, 3.05) is 29.7 Å². The Kier molecular flexibility index (Phi) is 4.19. The predicted molar refractivity (Wildman–Crippen MR) is 82.8 cm³/mol. The van der Waals surface area contributed by atoms with Gasteiger partial charge in [0.25, 0.3) is 0 Å². The van der Waals surface area contributed by atoms with E-state index in [1.807, 2.05) is 43.3 Å². The van der Waals surface area contributed by atoms with Gasteiger partial charge >= 0.3 is 5.69 Å². The monoisotopic (exact) mass is 288 g/mol.